The summed E-state index contributed by atoms with van der Waals surface area (Å²) in [6.07, 6.45) is 3.31. The van der Waals surface area contributed by atoms with Crippen molar-refractivity contribution < 1.29 is 37.4 Å². The molecule has 0 saturated heterocycles. The lowest BCUT2D eigenvalue weighted by atomic mass is 10.0. The molecule has 0 spiro atoms. The van der Waals surface area contributed by atoms with Crippen molar-refractivity contribution in [2.24, 2.45) is 0 Å². The molecule has 0 radical (unpaired) electrons. The first-order valence-corrected chi connectivity index (χ1v) is 16.7. The smallest absolute Gasteiger partial charge is 0.507 e. The van der Waals surface area contributed by atoms with Crippen LogP contribution < -0.4 is 20.7 Å². The second-order valence-electron chi connectivity index (χ2n) is 11.9. The maximum atomic E-state index is 13.1. The molecule has 0 atom stereocenters. The van der Waals surface area contributed by atoms with Crippen LogP contribution in [0.2, 0.25) is 0 Å². The Kier molecular flexibility index (Phi) is 12.3. The molecule has 1 aliphatic carbocycles. The van der Waals surface area contributed by atoms with E-state index in [1.807, 2.05) is 43.3 Å². The number of halogens is 3. The van der Waals surface area contributed by atoms with Crippen molar-refractivity contribution in [2.75, 3.05) is 11.9 Å². The molecule has 1 aliphatic rings. The summed E-state index contributed by atoms with van der Waals surface area (Å²) in [6.45, 7) is 3.04. The Morgan fingerprint density at radius 1 is 0.923 bits per heavy atom. The van der Waals surface area contributed by atoms with Crippen LogP contribution in [0.5, 0.6) is 11.5 Å². The van der Waals surface area contributed by atoms with Crippen LogP contribution in [0.15, 0.2) is 97.3 Å². The first kappa shape index (κ1) is 37.1. The van der Waals surface area contributed by atoms with Crippen LogP contribution in [0.4, 0.5) is 28.4 Å². The Labute approximate surface area is 297 Å². The zero-order valence-corrected chi connectivity index (χ0v) is 28.3. The number of phenolic OH excluding ortho intramolecular Hbond substituents is 1. The van der Waals surface area contributed by atoms with Gasteiger partial charge in [-0.15, -0.1) is 13.2 Å². The average molecular weight is 718 g/mol. The molecule has 272 valence electrons. The van der Waals surface area contributed by atoms with E-state index in [1.54, 1.807) is 30.6 Å². The van der Waals surface area contributed by atoms with Crippen LogP contribution >= 0.6 is 0 Å². The van der Waals surface area contributed by atoms with Crippen LogP contribution in [0.3, 0.4) is 0 Å². The topological polar surface area (TPSA) is 152 Å². The van der Waals surface area contributed by atoms with Crippen molar-refractivity contribution in [3.8, 4) is 22.8 Å². The zero-order chi connectivity index (χ0) is 37.1. The molecular weight excluding hydrogens is 679 g/mol. The second-order valence-corrected chi connectivity index (χ2v) is 11.9. The summed E-state index contributed by atoms with van der Waals surface area (Å²) in [7, 11) is 0. The van der Waals surface area contributed by atoms with E-state index in [1.165, 1.54) is 27.6 Å². The predicted molar refractivity (Wildman–Crippen MR) is 187 cm³/mol. The number of hydrogen-bond donors (Lipinski definition) is 4. The van der Waals surface area contributed by atoms with E-state index in [0.29, 0.717) is 24.3 Å². The molecule has 2 aromatic heterocycles. The van der Waals surface area contributed by atoms with Crippen molar-refractivity contribution in [2.45, 2.75) is 57.9 Å². The second kappa shape index (κ2) is 17.2. The number of carbonyl (C=O) groups is 3. The molecule has 6 rings (SSSR count). The van der Waals surface area contributed by atoms with Gasteiger partial charge in [0.25, 0.3) is 5.91 Å². The van der Waals surface area contributed by atoms with Crippen LogP contribution in [-0.4, -0.2) is 55.5 Å². The number of benzene rings is 3. The van der Waals surface area contributed by atoms with E-state index >= 15 is 0 Å². The van der Waals surface area contributed by atoms with E-state index in [-0.39, 0.29) is 35.0 Å². The van der Waals surface area contributed by atoms with E-state index in [0.717, 1.165) is 55.5 Å². The highest BCUT2D eigenvalue weighted by molar-refractivity contribution is 6.04. The van der Waals surface area contributed by atoms with E-state index in [9.17, 15) is 32.7 Å². The third-order valence-corrected chi connectivity index (χ3v) is 8.11. The molecule has 0 aliphatic heterocycles. The van der Waals surface area contributed by atoms with Gasteiger partial charge in [0.15, 0.2) is 0 Å². The monoisotopic (exact) mass is 717 g/mol. The first-order valence-electron chi connectivity index (χ1n) is 16.7. The van der Waals surface area contributed by atoms with Crippen LogP contribution in [0.1, 0.15) is 66.6 Å². The maximum absolute atomic E-state index is 13.1. The Morgan fingerprint density at radius 3 is 2.29 bits per heavy atom. The fourth-order valence-electron chi connectivity index (χ4n) is 5.59. The van der Waals surface area contributed by atoms with Crippen LogP contribution in [-0.2, 0) is 6.54 Å². The molecule has 15 heteroatoms. The van der Waals surface area contributed by atoms with Gasteiger partial charge in [-0.25, -0.2) is 9.59 Å². The SMILES string of the molecule is CCCNC(=O)n1cccn1.O=C(Nc1ccc(-c2cc(C3CCCC3)n(C(=O)NCc3ccccc3)n2)c(O)c1)c1ccc(OC(F)(F)F)cc1. The first-order chi connectivity index (χ1) is 25.0. The number of phenols is 1. The molecular formula is C37H38F3N7O5. The van der Waals surface area contributed by atoms with Gasteiger partial charge in [-0.1, -0.05) is 50.1 Å². The Bertz CT molecular complexity index is 1940. The Morgan fingerprint density at radius 2 is 1.65 bits per heavy atom. The number of nitrogens with zero attached hydrogens (tertiary/aromatic N) is 4. The highest BCUT2D eigenvalue weighted by Crippen LogP contribution is 2.38. The number of alkyl halides is 3. The van der Waals surface area contributed by atoms with Crippen molar-refractivity contribution >= 4 is 23.7 Å². The highest BCUT2D eigenvalue weighted by atomic mass is 19.4. The molecule has 3 aromatic carbocycles. The molecule has 1 saturated carbocycles. The lowest BCUT2D eigenvalue weighted by molar-refractivity contribution is -0.274. The molecule has 0 bridgehead atoms. The molecule has 52 heavy (non-hydrogen) atoms. The highest BCUT2D eigenvalue weighted by Gasteiger charge is 2.31. The summed E-state index contributed by atoms with van der Waals surface area (Å²) in [5.74, 6) is -1.02. The van der Waals surface area contributed by atoms with Gasteiger partial charge in [0.1, 0.15) is 11.5 Å². The van der Waals surface area contributed by atoms with E-state index < -0.39 is 18.0 Å². The van der Waals surface area contributed by atoms with Gasteiger partial charge in [-0.3, -0.25) is 4.79 Å². The minimum absolute atomic E-state index is 0.101. The Balaban J connectivity index is 0.000000407. The maximum Gasteiger partial charge on any atom is 0.573 e. The zero-order valence-electron chi connectivity index (χ0n) is 28.3. The summed E-state index contributed by atoms with van der Waals surface area (Å²) >= 11 is 0. The van der Waals surface area contributed by atoms with Gasteiger partial charge in [0.2, 0.25) is 0 Å². The fraction of sp³-hybridized carbons (Fsp3) is 0.270. The average Bonchev–Trinajstić information content (AvgIpc) is 3.93. The summed E-state index contributed by atoms with van der Waals surface area (Å²) < 4.78 is 43.6. The number of aromatic hydroxyl groups is 1. The third-order valence-electron chi connectivity index (χ3n) is 8.11. The summed E-state index contributed by atoms with van der Waals surface area (Å²) in [5, 5.41) is 27.3. The number of carbonyl (C=O) groups excluding carboxylic acids is 3. The molecule has 3 amide bonds. The van der Waals surface area contributed by atoms with Crippen molar-refractivity contribution in [1.29, 1.82) is 0 Å². The number of anilines is 1. The van der Waals surface area contributed by atoms with Crippen molar-refractivity contribution in [3.63, 3.8) is 0 Å². The van der Waals surface area contributed by atoms with Gasteiger partial charge in [-0.05, 0) is 73.4 Å². The molecule has 1 fully saturated rings. The van der Waals surface area contributed by atoms with Gasteiger partial charge < -0.3 is 25.8 Å². The van der Waals surface area contributed by atoms with Gasteiger partial charge in [0.05, 0.1) is 11.4 Å². The van der Waals surface area contributed by atoms with E-state index in [2.05, 4.69) is 30.9 Å². The largest absolute Gasteiger partial charge is 0.573 e. The molecule has 2 heterocycles. The minimum Gasteiger partial charge on any atom is -0.507 e. The quantitative estimate of drug-likeness (QED) is 0.122. The number of amides is 3. The number of nitrogens with one attached hydrogen (secondary N) is 3. The molecule has 0 unspecified atom stereocenters. The van der Waals surface area contributed by atoms with Gasteiger partial charge >= 0.3 is 18.4 Å². The Hall–Kier alpha value is -6.12. The lowest BCUT2D eigenvalue weighted by Gasteiger charge is -2.12. The summed E-state index contributed by atoms with van der Waals surface area (Å²) in [4.78, 5) is 36.8. The minimum atomic E-state index is -4.83. The van der Waals surface area contributed by atoms with Crippen LogP contribution in [0.25, 0.3) is 11.3 Å². The number of ether oxygens (including phenoxy) is 1. The number of hydrogen-bond acceptors (Lipinski definition) is 7. The number of aromatic nitrogens is 4. The van der Waals surface area contributed by atoms with E-state index in [4.69, 9.17) is 0 Å². The number of rotatable bonds is 9. The standard InChI is InChI=1S/C30H27F3N4O4.C7H11N3O/c31-30(32,33)41-23-13-10-21(11-14-23)28(39)35-22-12-15-24(27(38)16-22)25-17-26(20-8-4-5-9-20)37(36-25)29(40)34-18-19-6-2-1-3-7-19;1-2-4-8-7(11)10-6-3-5-9-10/h1-3,6-7,10-17,20,38H,4-5,8-9,18H2,(H,34,40)(H,35,39);3,5-6H,2,4H2,1H3,(H,8,11). The van der Waals surface area contributed by atoms with Gasteiger partial charge in [0, 0.05) is 54.3 Å². The van der Waals surface area contributed by atoms with Crippen molar-refractivity contribution in [3.05, 3.63) is 114 Å². The third kappa shape index (κ3) is 10.2. The summed E-state index contributed by atoms with van der Waals surface area (Å²) in [5.41, 5.74) is 2.89. The summed E-state index contributed by atoms with van der Waals surface area (Å²) in [6, 6.07) is 21.5. The molecule has 4 N–H and O–H groups in total. The van der Waals surface area contributed by atoms with Crippen molar-refractivity contribution in [1.82, 2.24) is 30.2 Å². The van der Waals surface area contributed by atoms with Gasteiger partial charge in [-0.2, -0.15) is 19.6 Å². The van der Waals surface area contributed by atoms with Crippen LogP contribution in [0, 0.1) is 0 Å². The normalized spacial score (nSPS) is 12.8. The fourth-order valence-corrected chi connectivity index (χ4v) is 5.59. The lowest BCUT2D eigenvalue weighted by Crippen LogP contribution is -2.30. The molecule has 5 aromatic rings. The predicted octanol–water partition coefficient (Wildman–Crippen LogP) is 7.67. The molecule has 12 nitrogen and oxygen atoms in total.